The number of carboxylic acid groups (broad SMARTS) is 1. The van der Waals surface area contributed by atoms with Crippen molar-refractivity contribution in [3.63, 3.8) is 0 Å². The number of likely N-dealkylation sites (N-methyl/N-ethyl adjacent to an activating group) is 1. The lowest BCUT2D eigenvalue weighted by atomic mass is 9.94. The summed E-state index contributed by atoms with van der Waals surface area (Å²) in [5, 5.41) is 11.6. The molecule has 3 aliphatic rings. The summed E-state index contributed by atoms with van der Waals surface area (Å²) in [6.45, 7) is 5.87. The standard InChI is InChI=1S/C46H44ClF4N7O6S/c1-27-34-9-6-30(40(27)47)24-58(19-18-57-16-14-56(2)15-17-57)37(59)22-28-3-10-35(63-25-33-11-13-52-45(55-33)62-20-12-46(49,50)51)31(21-28)23-36(44(60)61)64-42-39-38(34)41(65-43(39)54-26-53-42)29-4-7-32(48)8-5-29/h3-11,13,21,26,36H,12,14-20,22-25H2,1-2H3,(H,60,61)/t36-/m1/s1. The average Bonchev–Trinajstić information content (AvgIpc) is 3.66. The number of amides is 1. The topological polar surface area (TPSA) is 143 Å². The molecule has 9 rings (SSSR count). The van der Waals surface area contributed by atoms with E-state index in [2.05, 4.69) is 36.8 Å². The zero-order valence-electron chi connectivity index (χ0n) is 35.4. The van der Waals surface area contributed by atoms with Crippen LogP contribution in [0.1, 0.15) is 34.4 Å². The third kappa shape index (κ3) is 11.0. The number of benzene rings is 3. The van der Waals surface area contributed by atoms with E-state index in [0.29, 0.717) is 66.6 Å². The van der Waals surface area contributed by atoms with E-state index in [1.807, 2.05) is 19.1 Å². The maximum atomic E-state index is 14.5. The number of thiophene rings is 1. The van der Waals surface area contributed by atoms with E-state index in [9.17, 15) is 32.3 Å². The number of rotatable bonds is 11. The van der Waals surface area contributed by atoms with Crippen LogP contribution in [0.15, 0.2) is 73.2 Å². The minimum absolute atomic E-state index is 0.00570. The van der Waals surface area contributed by atoms with Crippen molar-refractivity contribution in [1.82, 2.24) is 34.6 Å². The van der Waals surface area contributed by atoms with Crippen molar-refractivity contribution in [3.8, 4) is 39.2 Å². The summed E-state index contributed by atoms with van der Waals surface area (Å²) in [6.07, 6.45) is -4.80. The molecule has 65 heavy (non-hydrogen) atoms. The summed E-state index contributed by atoms with van der Waals surface area (Å²) in [7, 11) is 2.08. The van der Waals surface area contributed by atoms with Crippen molar-refractivity contribution in [2.75, 3.05) is 52.9 Å². The van der Waals surface area contributed by atoms with Gasteiger partial charge >= 0.3 is 18.2 Å². The Hall–Kier alpha value is -5.95. The minimum Gasteiger partial charge on any atom is -0.487 e. The maximum Gasteiger partial charge on any atom is 0.392 e. The number of hydrogen-bond donors (Lipinski definition) is 1. The number of aliphatic carboxylic acids is 1. The van der Waals surface area contributed by atoms with Gasteiger partial charge in [-0.15, -0.1) is 11.3 Å². The molecule has 0 unspecified atom stereocenters. The van der Waals surface area contributed by atoms with Gasteiger partial charge in [0.2, 0.25) is 17.9 Å². The molecule has 1 fully saturated rings. The molecule has 1 amide bonds. The molecule has 6 aromatic rings. The van der Waals surface area contributed by atoms with Crippen LogP contribution >= 0.6 is 22.9 Å². The Labute approximate surface area is 380 Å². The number of halogens is 5. The fourth-order valence-corrected chi connectivity index (χ4v) is 9.18. The number of nitrogens with zero attached hydrogens (tertiary/aromatic N) is 7. The Bertz CT molecular complexity index is 2700. The highest BCUT2D eigenvalue weighted by atomic mass is 35.5. The average molecular weight is 934 g/mol. The molecular formula is C46H44ClF4N7O6S. The van der Waals surface area contributed by atoms with Crippen molar-refractivity contribution in [2.24, 2.45) is 0 Å². The molecule has 1 atom stereocenters. The second kappa shape index (κ2) is 19.7. The number of fused-ring (bicyclic) bond motifs is 7. The quantitative estimate of drug-likeness (QED) is 0.126. The molecule has 4 bridgehead atoms. The largest absolute Gasteiger partial charge is 0.487 e. The van der Waals surface area contributed by atoms with E-state index in [1.165, 1.54) is 42.1 Å². The SMILES string of the molecule is Cc1c2ccc(c1Cl)CN(CCN1CCN(C)CC1)C(=O)Cc1ccc(OCc3ccnc(OCCC(F)(F)F)n3)c(c1)C[C@H](C(=O)O)Oc1ncnc3sc(-c4ccc(F)cc4)c-2c13. The fourth-order valence-electron chi connectivity index (χ4n) is 7.80. The highest BCUT2D eigenvalue weighted by molar-refractivity contribution is 7.22. The number of hydrogen-bond acceptors (Lipinski definition) is 12. The van der Waals surface area contributed by atoms with E-state index < -0.39 is 37.1 Å². The summed E-state index contributed by atoms with van der Waals surface area (Å²) in [6, 6.07) is 16.1. The van der Waals surface area contributed by atoms with Crippen molar-refractivity contribution in [1.29, 1.82) is 0 Å². The van der Waals surface area contributed by atoms with E-state index >= 15 is 0 Å². The second-order valence-electron chi connectivity index (χ2n) is 15.9. The first kappa shape index (κ1) is 45.6. The van der Waals surface area contributed by atoms with Crippen LogP contribution in [0.3, 0.4) is 0 Å². The van der Waals surface area contributed by atoms with Crippen LogP contribution in [0.25, 0.3) is 31.8 Å². The first-order valence-electron chi connectivity index (χ1n) is 20.8. The zero-order chi connectivity index (χ0) is 45.8. The lowest BCUT2D eigenvalue weighted by molar-refractivity contribution is -0.145. The van der Waals surface area contributed by atoms with Gasteiger partial charge < -0.3 is 29.1 Å². The smallest absolute Gasteiger partial charge is 0.392 e. The molecule has 1 N–H and O–H groups in total. The van der Waals surface area contributed by atoms with Crippen LogP contribution in [-0.4, -0.2) is 117 Å². The molecule has 0 radical (unpaired) electrons. The number of carbonyl (C=O) groups is 2. The molecule has 0 spiro atoms. The molecule has 6 heterocycles. The number of carboxylic acids is 1. The number of piperazine rings is 1. The molecule has 1 saturated heterocycles. The molecule has 3 aliphatic heterocycles. The predicted molar refractivity (Wildman–Crippen MR) is 236 cm³/mol. The third-order valence-corrected chi connectivity index (χ3v) is 13.1. The summed E-state index contributed by atoms with van der Waals surface area (Å²) in [4.78, 5) is 52.4. The van der Waals surface area contributed by atoms with E-state index in [4.69, 9.17) is 25.8 Å². The van der Waals surface area contributed by atoms with Crippen LogP contribution in [0.5, 0.6) is 17.6 Å². The molecule has 19 heteroatoms. The van der Waals surface area contributed by atoms with Gasteiger partial charge in [0.15, 0.2) is 0 Å². The molecule has 340 valence electrons. The predicted octanol–water partition coefficient (Wildman–Crippen LogP) is 8.03. The van der Waals surface area contributed by atoms with Crippen LogP contribution in [-0.2, 0) is 35.6 Å². The summed E-state index contributed by atoms with van der Waals surface area (Å²) >= 11 is 8.57. The molecule has 3 aromatic heterocycles. The third-order valence-electron chi connectivity index (χ3n) is 11.4. The van der Waals surface area contributed by atoms with Gasteiger partial charge in [-0.1, -0.05) is 48.0 Å². The molecule has 13 nitrogen and oxygen atoms in total. The Morgan fingerprint density at radius 1 is 0.985 bits per heavy atom. The maximum absolute atomic E-state index is 14.5. The van der Waals surface area contributed by atoms with E-state index in [1.54, 1.807) is 35.2 Å². The number of carbonyl (C=O) groups excluding carboxylic acids is 1. The Kier molecular flexibility index (Phi) is 13.8. The van der Waals surface area contributed by atoms with Gasteiger partial charge in [-0.2, -0.15) is 18.2 Å². The second-order valence-corrected chi connectivity index (χ2v) is 17.3. The lowest BCUT2D eigenvalue weighted by Crippen LogP contribution is -2.47. The fraction of sp³-hybridized carbons (Fsp3) is 0.348. The molecule has 0 aliphatic carbocycles. The van der Waals surface area contributed by atoms with Crippen LogP contribution in [0.4, 0.5) is 17.6 Å². The lowest BCUT2D eigenvalue weighted by Gasteiger charge is -2.34. The molecule has 3 aromatic carbocycles. The Morgan fingerprint density at radius 3 is 2.52 bits per heavy atom. The van der Waals surface area contributed by atoms with Gasteiger partial charge in [-0.05, 0) is 71.6 Å². The molecule has 0 saturated carbocycles. The van der Waals surface area contributed by atoms with Gasteiger partial charge in [-0.25, -0.2) is 24.1 Å². The van der Waals surface area contributed by atoms with Gasteiger partial charge in [-0.3, -0.25) is 9.69 Å². The summed E-state index contributed by atoms with van der Waals surface area (Å²) in [5.41, 5.74) is 4.68. The molecular weight excluding hydrogens is 890 g/mol. The monoisotopic (exact) mass is 933 g/mol. The normalized spacial score (nSPS) is 16.4. The van der Waals surface area contributed by atoms with E-state index in [-0.39, 0.29) is 55.2 Å². The number of ether oxygens (including phenoxy) is 3. The van der Waals surface area contributed by atoms with Gasteiger partial charge in [0.05, 0.1) is 23.9 Å². The first-order chi connectivity index (χ1) is 31.2. The van der Waals surface area contributed by atoms with Crippen LogP contribution in [0, 0.1) is 12.7 Å². The van der Waals surface area contributed by atoms with E-state index in [0.717, 1.165) is 31.7 Å². The summed E-state index contributed by atoms with van der Waals surface area (Å²) < 4.78 is 70.2. The van der Waals surface area contributed by atoms with Crippen LogP contribution < -0.4 is 14.2 Å². The van der Waals surface area contributed by atoms with Crippen molar-refractivity contribution in [3.05, 3.63) is 112 Å². The number of alkyl halides is 3. The van der Waals surface area contributed by atoms with Crippen molar-refractivity contribution >= 4 is 45.0 Å². The minimum atomic E-state index is -4.42. The summed E-state index contributed by atoms with van der Waals surface area (Å²) in [5.74, 6) is -1.66. The Balaban J connectivity index is 1.21. The number of aromatic nitrogens is 4. The van der Waals surface area contributed by atoms with Gasteiger partial charge in [0.25, 0.3) is 0 Å². The zero-order valence-corrected chi connectivity index (χ0v) is 37.0. The Morgan fingerprint density at radius 2 is 1.77 bits per heavy atom. The van der Waals surface area contributed by atoms with Gasteiger partial charge in [0.1, 0.15) is 35.9 Å². The first-order valence-corrected chi connectivity index (χ1v) is 22.0. The van der Waals surface area contributed by atoms with Crippen molar-refractivity contribution in [2.45, 2.75) is 51.6 Å². The highest BCUT2D eigenvalue weighted by Crippen LogP contribution is 2.49. The van der Waals surface area contributed by atoms with Gasteiger partial charge in [0, 0.05) is 73.9 Å². The van der Waals surface area contributed by atoms with Crippen molar-refractivity contribution < 1.29 is 46.5 Å². The highest BCUT2D eigenvalue weighted by Gasteiger charge is 2.30. The van der Waals surface area contributed by atoms with Crippen LogP contribution in [0.2, 0.25) is 5.02 Å².